The number of fused-ring (bicyclic) bond motifs is 1. The SMILES string of the molecule is Cc1ccnc(OC[C@@]23COC[C@@H]2CN(C(=O)c2ccccc2)C3)n1. The first-order valence-corrected chi connectivity index (χ1v) is 8.51. The summed E-state index contributed by atoms with van der Waals surface area (Å²) in [6.45, 7) is 4.96. The summed E-state index contributed by atoms with van der Waals surface area (Å²) in [5, 5.41) is 0. The highest BCUT2D eigenvalue weighted by atomic mass is 16.5. The van der Waals surface area contributed by atoms with Crippen molar-refractivity contribution >= 4 is 5.91 Å². The number of aromatic nitrogens is 2. The number of hydrogen-bond donors (Lipinski definition) is 0. The van der Waals surface area contributed by atoms with Gasteiger partial charge in [-0.05, 0) is 25.1 Å². The highest BCUT2D eigenvalue weighted by Gasteiger charge is 2.52. The predicted molar refractivity (Wildman–Crippen MR) is 91.4 cm³/mol. The molecule has 130 valence electrons. The van der Waals surface area contributed by atoms with Crippen molar-refractivity contribution in [2.45, 2.75) is 6.92 Å². The van der Waals surface area contributed by atoms with E-state index < -0.39 is 0 Å². The van der Waals surface area contributed by atoms with Crippen LogP contribution in [0.2, 0.25) is 0 Å². The highest BCUT2D eigenvalue weighted by Crippen LogP contribution is 2.42. The van der Waals surface area contributed by atoms with E-state index in [4.69, 9.17) is 9.47 Å². The van der Waals surface area contributed by atoms with E-state index in [9.17, 15) is 4.79 Å². The maximum Gasteiger partial charge on any atom is 0.316 e. The molecule has 1 amide bonds. The van der Waals surface area contributed by atoms with Crippen LogP contribution in [0.15, 0.2) is 42.6 Å². The van der Waals surface area contributed by atoms with Gasteiger partial charge in [0, 0.05) is 36.5 Å². The Balaban J connectivity index is 1.48. The van der Waals surface area contributed by atoms with Crippen molar-refractivity contribution in [3.05, 3.63) is 53.9 Å². The monoisotopic (exact) mass is 339 g/mol. The fourth-order valence-corrected chi connectivity index (χ4v) is 3.66. The molecule has 3 heterocycles. The number of carbonyl (C=O) groups excluding carboxylic acids is 1. The van der Waals surface area contributed by atoms with Gasteiger partial charge < -0.3 is 14.4 Å². The molecule has 0 bridgehead atoms. The minimum absolute atomic E-state index is 0.0705. The zero-order chi connectivity index (χ0) is 17.3. The van der Waals surface area contributed by atoms with Gasteiger partial charge in [0.05, 0.1) is 18.6 Å². The summed E-state index contributed by atoms with van der Waals surface area (Å²) in [5.41, 5.74) is 1.41. The third-order valence-electron chi connectivity index (χ3n) is 5.09. The van der Waals surface area contributed by atoms with Crippen molar-refractivity contribution in [3.8, 4) is 6.01 Å². The standard InChI is InChI=1S/C19H21N3O3/c1-14-7-8-20-18(21-14)25-13-19-11-22(9-16(19)10-24-12-19)17(23)15-5-3-2-4-6-15/h2-8,16H,9-13H2,1H3/t16-,19+/m0/s1. The van der Waals surface area contributed by atoms with Gasteiger partial charge in [-0.2, -0.15) is 0 Å². The number of benzene rings is 1. The number of carbonyl (C=O) groups is 1. The molecular formula is C19H21N3O3. The van der Waals surface area contributed by atoms with Crippen molar-refractivity contribution in [2.75, 3.05) is 32.9 Å². The Kier molecular flexibility index (Phi) is 4.13. The molecule has 0 radical (unpaired) electrons. The first-order valence-electron chi connectivity index (χ1n) is 8.51. The Morgan fingerprint density at radius 2 is 2.20 bits per heavy atom. The molecule has 2 saturated heterocycles. The second kappa shape index (κ2) is 6.44. The summed E-state index contributed by atoms with van der Waals surface area (Å²) in [4.78, 5) is 23.1. The average molecular weight is 339 g/mol. The van der Waals surface area contributed by atoms with Gasteiger partial charge in [0.25, 0.3) is 5.91 Å². The fourth-order valence-electron chi connectivity index (χ4n) is 3.66. The first kappa shape index (κ1) is 16.0. The summed E-state index contributed by atoms with van der Waals surface area (Å²) in [7, 11) is 0. The van der Waals surface area contributed by atoms with E-state index in [0.717, 1.165) is 11.3 Å². The van der Waals surface area contributed by atoms with E-state index in [1.54, 1.807) is 6.20 Å². The van der Waals surface area contributed by atoms with Crippen LogP contribution in [0, 0.1) is 18.3 Å². The van der Waals surface area contributed by atoms with Gasteiger partial charge in [0.15, 0.2) is 0 Å². The number of aryl methyl sites for hydroxylation is 1. The molecule has 0 spiro atoms. The van der Waals surface area contributed by atoms with Crippen LogP contribution in [0.4, 0.5) is 0 Å². The van der Waals surface area contributed by atoms with Crippen molar-refractivity contribution in [3.63, 3.8) is 0 Å². The van der Waals surface area contributed by atoms with Crippen LogP contribution in [-0.2, 0) is 4.74 Å². The van der Waals surface area contributed by atoms with Crippen LogP contribution in [0.3, 0.4) is 0 Å². The molecule has 4 rings (SSSR count). The van der Waals surface area contributed by atoms with E-state index in [1.807, 2.05) is 48.2 Å². The lowest BCUT2D eigenvalue weighted by Gasteiger charge is -2.26. The molecule has 0 saturated carbocycles. The Hall–Kier alpha value is -2.47. The molecule has 2 atom stereocenters. The second-order valence-electron chi connectivity index (χ2n) is 6.90. The van der Waals surface area contributed by atoms with Crippen LogP contribution in [0.25, 0.3) is 0 Å². The largest absolute Gasteiger partial charge is 0.463 e. The number of likely N-dealkylation sites (tertiary alicyclic amines) is 1. The number of rotatable bonds is 4. The fraction of sp³-hybridized carbons (Fsp3) is 0.421. The summed E-state index contributed by atoms with van der Waals surface area (Å²) in [6.07, 6.45) is 1.69. The minimum atomic E-state index is -0.183. The summed E-state index contributed by atoms with van der Waals surface area (Å²) < 4.78 is 11.6. The van der Waals surface area contributed by atoms with E-state index in [1.165, 1.54) is 0 Å². The zero-order valence-corrected chi connectivity index (χ0v) is 14.2. The van der Waals surface area contributed by atoms with Gasteiger partial charge in [-0.3, -0.25) is 4.79 Å². The number of ether oxygens (including phenoxy) is 2. The lowest BCUT2D eigenvalue weighted by molar-refractivity contribution is 0.0650. The van der Waals surface area contributed by atoms with E-state index >= 15 is 0 Å². The molecule has 2 fully saturated rings. The number of hydrogen-bond acceptors (Lipinski definition) is 5. The summed E-state index contributed by atoms with van der Waals surface area (Å²) in [6, 6.07) is 11.6. The van der Waals surface area contributed by atoms with Crippen LogP contribution < -0.4 is 4.74 Å². The molecule has 0 aliphatic carbocycles. The van der Waals surface area contributed by atoms with E-state index in [2.05, 4.69) is 9.97 Å². The van der Waals surface area contributed by atoms with E-state index in [-0.39, 0.29) is 17.2 Å². The molecule has 0 unspecified atom stereocenters. The third kappa shape index (κ3) is 3.09. The lowest BCUT2D eigenvalue weighted by Crippen LogP contribution is -2.38. The normalized spacial score (nSPS) is 25.0. The molecule has 2 aliphatic heterocycles. The average Bonchev–Trinajstić information content (AvgIpc) is 3.17. The van der Waals surface area contributed by atoms with Gasteiger partial charge in [-0.1, -0.05) is 18.2 Å². The maximum atomic E-state index is 12.8. The van der Waals surface area contributed by atoms with E-state index in [0.29, 0.717) is 38.9 Å². The highest BCUT2D eigenvalue weighted by molar-refractivity contribution is 5.94. The number of nitrogens with zero attached hydrogens (tertiary/aromatic N) is 3. The smallest absolute Gasteiger partial charge is 0.316 e. The summed E-state index contributed by atoms with van der Waals surface area (Å²) >= 11 is 0. The quantitative estimate of drug-likeness (QED) is 0.852. The van der Waals surface area contributed by atoms with Gasteiger partial charge in [0.1, 0.15) is 6.61 Å². The molecule has 25 heavy (non-hydrogen) atoms. The van der Waals surface area contributed by atoms with Crippen LogP contribution in [0.1, 0.15) is 16.1 Å². The van der Waals surface area contributed by atoms with Crippen molar-refractivity contribution in [1.82, 2.24) is 14.9 Å². The second-order valence-corrected chi connectivity index (χ2v) is 6.90. The first-order chi connectivity index (χ1) is 12.2. The lowest BCUT2D eigenvalue weighted by atomic mass is 9.82. The molecule has 1 aromatic carbocycles. The van der Waals surface area contributed by atoms with Gasteiger partial charge in [-0.15, -0.1) is 0 Å². The molecule has 1 aromatic heterocycles. The molecule has 0 N–H and O–H groups in total. The van der Waals surface area contributed by atoms with Crippen molar-refractivity contribution in [2.24, 2.45) is 11.3 Å². The molecule has 6 heteroatoms. The Bertz CT molecular complexity index is 768. The Morgan fingerprint density at radius 1 is 1.36 bits per heavy atom. The molecule has 6 nitrogen and oxygen atoms in total. The minimum Gasteiger partial charge on any atom is -0.463 e. The zero-order valence-electron chi connectivity index (χ0n) is 14.2. The maximum absolute atomic E-state index is 12.8. The van der Waals surface area contributed by atoms with Gasteiger partial charge >= 0.3 is 6.01 Å². The van der Waals surface area contributed by atoms with Gasteiger partial charge in [-0.25, -0.2) is 9.97 Å². The number of amides is 1. The van der Waals surface area contributed by atoms with Crippen molar-refractivity contribution in [1.29, 1.82) is 0 Å². The molecule has 2 aromatic rings. The molecule has 2 aliphatic rings. The topological polar surface area (TPSA) is 64.6 Å². The predicted octanol–water partition coefficient (Wildman–Crippen LogP) is 1.95. The summed E-state index contributed by atoms with van der Waals surface area (Å²) in [5.74, 6) is 0.353. The van der Waals surface area contributed by atoms with Crippen LogP contribution in [-0.4, -0.2) is 53.7 Å². The Labute approximate surface area is 146 Å². The molecular weight excluding hydrogens is 318 g/mol. The van der Waals surface area contributed by atoms with Gasteiger partial charge in [0.2, 0.25) is 0 Å². The van der Waals surface area contributed by atoms with Crippen LogP contribution >= 0.6 is 0 Å². The van der Waals surface area contributed by atoms with Crippen LogP contribution in [0.5, 0.6) is 6.01 Å². The Morgan fingerprint density at radius 3 is 3.00 bits per heavy atom. The third-order valence-corrected chi connectivity index (χ3v) is 5.09. The van der Waals surface area contributed by atoms with Crippen molar-refractivity contribution < 1.29 is 14.3 Å².